The fourth-order valence-electron chi connectivity index (χ4n) is 2.65. The number of nitrogens with one attached hydrogen (secondary N) is 1. The zero-order chi connectivity index (χ0) is 18.1. The van der Waals surface area contributed by atoms with E-state index in [1.54, 1.807) is 0 Å². The fraction of sp³-hybridized carbons (Fsp3) is 0.176. The number of aromatic amines is 1. The van der Waals surface area contributed by atoms with E-state index in [9.17, 15) is 4.79 Å². The quantitative estimate of drug-likeness (QED) is 0.595. The average molecular weight is 348 g/mol. The van der Waals surface area contributed by atoms with Crippen molar-refractivity contribution in [3.8, 4) is 17.3 Å². The lowest BCUT2D eigenvalue weighted by Crippen LogP contribution is -2.17. The zero-order valence-corrected chi connectivity index (χ0v) is 14.3. The van der Waals surface area contributed by atoms with E-state index >= 15 is 0 Å². The first-order chi connectivity index (χ1) is 12.6. The van der Waals surface area contributed by atoms with Gasteiger partial charge in [0.25, 0.3) is 11.5 Å². The van der Waals surface area contributed by atoms with Crippen LogP contribution in [-0.4, -0.2) is 40.0 Å². The monoisotopic (exact) mass is 348 g/mol. The predicted octanol–water partition coefficient (Wildman–Crippen LogP) is 1.27. The molecule has 0 radical (unpaired) electrons. The van der Waals surface area contributed by atoms with Crippen molar-refractivity contribution in [3.63, 3.8) is 0 Å². The molecule has 0 bridgehead atoms. The lowest BCUT2D eigenvalue weighted by Gasteiger charge is -2.03. The summed E-state index contributed by atoms with van der Waals surface area (Å²) in [6.07, 6.45) is 0. The van der Waals surface area contributed by atoms with Crippen LogP contribution in [-0.2, 0) is 6.54 Å². The SMILES string of the molecule is Cc1cc(C)nc(-n2[nH]c(Cn3nnc(-c4ccccc4)n3)cc2=O)n1. The van der Waals surface area contributed by atoms with Crippen LogP contribution in [0.4, 0.5) is 0 Å². The Morgan fingerprint density at radius 1 is 1.04 bits per heavy atom. The first-order valence-electron chi connectivity index (χ1n) is 8.05. The molecule has 4 aromatic rings. The molecule has 1 aromatic carbocycles. The van der Waals surface area contributed by atoms with Gasteiger partial charge >= 0.3 is 0 Å². The van der Waals surface area contributed by atoms with Gasteiger partial charge in [0, 0.05) is 23.0 Å². The van der Waals surface area contributed by atoms with Crippen molar-refractivity contribution in [2.75, 3.05) is 0 Å². The number of hydrogen-bond acceptors (Lipinski definition) is 6. The van der Waals surface area contributed by atoms with E-state index in [1.165, 1.54) is 15.5 Å². The summed E-state index contributed by atoms with van der Waals surface area (Å²) in [6, 6.07) is 12.9. The Labute approximate surface area is 148 Å². The van der Waals surface area contributed by atoms with E-state index in [0.29, 0.717) is 17.5 Å². The summed E-state index contributed by atoms with van der Waals surface area (Å²) in [5.41, 5.74) is 2.86. The van der Waals surface area contributed by atoms with Crippen LogP contribution in [0.2, 0.25) is 0 Å². The van der Waals surface area contributed by atoms with Gasteiger partial charge in [-0.1, -0.05) is 30.3 Å². The van der Waals surface area contributed by atoms with Gasteiger partial charge in [0.1, 0.15) is 6.54 Å². The maximum absolute atomic E-state index is 12.3. The summed E-state index contributed by atoms with van der Waals surface area (Å²) in [5.74, 6) is 0.847. The van der Waals surface area contributed by atoms with Gasteiger partial charge in [-0.15, -0.1) is 10.2 Å². The van der Waals surface area contributed by atoms with Crippen LogP contribution in [0.25, 0.3) is 17.3 Å². The van der Waals surface area contributed by atoms with Gasteiger partial charge in [0.2, 0.25) is 5.82 Å². The number of aromatic nitrogens is 8. The van der Waals surface area contributed by atoms with Crippen LogP contribution in [0.15, 0.2) is 47.3 Å². The van der Waals surface area contributed by atoms with E-state index < -0.39 is 0 Å². The molecule has 4 rings (SSSR count). The molecule has 0 spiro atoms. The third-order valence-corrected chi connectivity index (χ3v) is 3.74. The van der Waals surface area contributed by atoms with Crippen molar-refractivity contribution in [1.82, 2.24) is 40.0 Å². The largest absolute Gasteiger partial charge is 0.290 e. The molecule has 0 saturated carbocycles. The summed E-state index contributed by atoms with van der Waals surface area (Å²) in [5, 5.41) is 15.4. The van der Waals surface area contributed by atoms with Gasteiger partial charge in [-0.05, 0) is 25.1 Å². The molecule has 0 unspecified atom stereocenters. The topological polar surface area (TPSA) is 107 Å². The van der Waals surface area contributed by atoms with Crippen molar-refractivity contribution in [2.24, 2.45) is 0 Å². The molecule has 3 heterocycles. The third-order valence-electron chi connectivity index (χ3n) is 3.74. The number of aryl methyl sites for hydroxylation is 2. The first-order valence-corrected chi connectivity index (χ1v) is 8.05. The Hall–Kier alpha value is -3.62. The van der Waals surface area contributed by atoms with Crippen LogP contribution in [0.5, 0.6) is 0 Å². The van der Waals surface area contributed by atoms with Crippen molar-refractivity contribution < 1.29 is 0 Å². The second kappa shape index (κ2) is 6.36. The summed E-state index contributed by atoms with van der Waals surface area (Å²) < 4.78 is 1.31. The van der Waals surface area contributed by atoms with Crippen molar-refractivity contribution in [2.45, 2.75) is 20.4 Å². The number of benzene rings is 1. The summed E-state index contributed by atoms with van der Waals surface area (Å²) >= 11 is 0. The Morgan fingerprint density at radius 2 is 1.77 bits per heavy atom. The molecule has 0 fully saturated rings. The van der Waals surface area contributed by atoms with E-state index in [4.69, 9.17) is 0 Å². The molecule has 9 heteroatoms. The van der Waals surface area contributed by atoms with Crippen LogP contribution in [0.3, 0.4) is 0 Å². The summed E-state index contributed by atoms with van der Waals surface area (Å²) in [4.78, 5) is 22.3. The average Bonchev–Trinajstić information content (AvgIpc) is 3.22. The van der Waals surface area contributed by atoms with Gasteiger partial charge in [0.05, 0.1) is 5.69 Å². The highest BCUT2D eigenvalue weighted by Gasteiger charge is 2.11. The number of hydrogen-bond donors (Lipinski definition) is 1. The van der Waals surface area contributed by atoms with Crippen molar-refractivity contribution in [3.05, 3.63) is 69.9 Å². The van der Waals surface area contributed by atoms with E-state index in [-0.39, 0.29) is 12.1 Å². The second-order valence-corrected chi connectivity index (χ2v) is 5.92. The van der Waals surface area contributed by atoms with Gasteiger partial charge < -0.3 is 0 Å². The minimum absolute atomic E-state index is 0.242. The molecule has 0 saturated heterocycles. The van der Waals surface area contributed by atoms with Crippen molar-refractivity contribution >= 4 is 0 Å². The lowest BCUT2D eigenvalue weighted by molar-refractivity contribution is 0.559. The van der Waals surface area contributed by atoms with Gasteiger partial charge in [-0.25, -0.2) is 9.97 Å². The number of tetrazole rings is 1. The molecule has 0 aliphatic rings. The Balaban J connectivity index is 1.61. The van der Waals surface area contributed by atoms with Crippen molar-refractivity contribution in [1.29, 1.82) is 0 Å². The van der Waals surface area contributed by atoms with Crippen LogP contribution < -0.4 is 5.56 Å². The van der Waals surface area contributed by atoms with Gasteiger partial charge in [0.15, 0.2) is 0 Å². The second-order valence-electron chi connectivity index (χ2n) is 5.92. The normalized spacial score (nSPS) is 11.0. The molecule has 0 aliphatic carbocycles. The molecule has 130 valence electrons. The smallest absolute Gasteiger partial charge is 0.274 e. The summed E-state index contributed by atoms with van der Waals surface area (Å²) in [6.45, 7) is 4.00. The Morgan fingerprint density at radius 3 is 2.50 bits per heavy atom. The highest BCUT2D eigenvalue weighted by molar-refractivity contribution is 5.52. The number of H-pyrrole nitrogens is 1. The highest BCUT2D eigenvalue weighted by Crippen LogP contribution is 2.12. The molecule has 0 atom stereocenters. The number of nitrogens with zero attached hydrogens (tertiary/aromatic N) is 7. The molecule has 26 heavy (non-hydrogen) atoms. The van der Waals surface area contributed by atoms with Crippen LogP contribution in [0.1, 0.15) is 17.1 Å². The van der Waals surface area contributed by atoms with Gasteiger partial charge in [-0.2, -0.15) is 9.48 Å². The maximum atomic E-state index is 12.3. The van der Waals surface area contributed by atoms with E-state index in [0.717, 1.165) is 17.0 Å². The van der Waals surface area contributed by atoms with E-state index in [2.05, 4.69) is 30.5 Å². The third kappa shape index (κ3) is 3.14. The Kier molecular flexibility index (Phi) is 3.88. The Bertz CT molecular complexity index is 1090. The van der Waals surface area contributed by atoms with Crippen LogP contribution in [0, 0.1) is 13.8 Å². The highest BCUT2D eigenvalue weighted by atomic mass is 16.1. The molecule has 3 aromatic heterocycles. The first kappa shape index (κ1) is 15.9. The van der Waals surface area contributed by atoms with E-state index in [1.807, 2.05) is 50.2 Å². The predicted molar refractivity (Wildman–Crippen MR) is 93.8 cm³/mol. The van der Waals surface area contributed by atoms with Crippen LogP contribution >= 0.6 is 0 Å². The molecule has 1 N–H and O–H groups in total. The number of rotatable bonds is 4. The summed E-state index contributed by atoms with van der Waals surface area (Å²) in [7, 11) is 0. The molecule has 9 nitrogen and oxygen atoms in total. The molecular formula is C17H16N8O. The maximum Gasteiger partial charge on any atom is 0.274 e. The zero-order valence-electron chi connectivity index (χ0n) is 14.3. The minimum Gasteiger partial charge on any atom is -0.290 e. The minimum atomic E-state index is -0.242. The molecular weight excluding hydrogens is 332 g/mol. The fourth-order valence-corrected chi connectivity index (χ4v) is 2.65. The molecule has 0 amide bonds. The lowest BCUT2D eigenvalue weighted by atomic mass is 10.2. The molecule has 0 aliphatic heterocycles. The standard InChI is InChI=1S/C17H16N8O/c1-11-8-12(2)19-17(18-11)25-15(26)9-14(21-25)10-24-22-16(20-23-24)13-6-4-3-5-7-13/h3-9,21H,10H2,1-2H3. The van der Waals surface area contributed by atoms with Gasteiger partial charge in [-0.3, -0.25) is 9.89 Å².